The fraction of sp³-hybridized carbons (Fsp3) is 0.150. The van der Waals surface area contributed by atoms with Crippen LogP contribution in [0.2, 0.25) is 0 Å². The predicted molar refractivity (Wildman–Crippen MR) is 106 cm³/mol. The van der Waals surface area contributed by atoms with Crippen molar-refractivity contribution >= 4 is 27.5 Å². The molecule has 2 heterocycles. The van der Waals surface area contributed by atoms with Crippen LogP contribution in [0.1, 0.15) is 5.56 Å². The van der Waals surface area contributed by atoms with Gasteiger partial charge in [-0.25, -0.2) is 4.68 Å². The molecule has 0 bridgehead atoms. The Kier molecular flexibility index (Phi) is 4.60. The normalized spacial score (nSPS) is 11.0. The summed E-state index contributed by atoms with van der Waals surface area (Å²) in [5, 5.41) is 4.86. The molecule has 7 heteroatoms. The Balaban J connectivity index is 1.44. The van der Waals surface area contributed by atoms with Gasteiger partial charge in [-0.15, -0.1) is 0 Å². The number of rotatable bonds is 5. The first-order valence-electron chi connectivity index (χ1n) is 8.53. The highest BCUT2D eigenvalue weighted by Gasteiger charge is 2.14. The van der Waals surface area contributed by atoms with E-state index in [9.17, 15) is 9.59 Å². The molecular weight excluding hydrogens is 360 g/mol. The zero-order valence-electron chi connectivity index (χ0n) is 14.8. The molecule has 0 atom stereocenters. The number of benzene rings is 2. The summed E-state index contributed by atoms with van der Waals surface area (Å²) < 4.78 is 4.20. The first-order valence-corrected chi connectivity index (χ1v) is 9.31. The number of hydrogen-bond acceptors (Lipinski definition) is 4. The second-order valence-corrected chi connectivity index (χ2v) is 7.36. The molecule has 0 saturated carbocycles. The molecule has 1 amide bonds. The number of fused-ring (bicyclic) bond motifs is 1. The number of aromatic nitrogens is 3. The van der Waals surface area contributed by atoms with Gasteiger partial charge in [0, 0.05) is 26.0 Å². The minimum absolute atomic E-state index is 0.0556. The number of amides is 1. The van der Waals surface area contributed by atoms with Crippen LogP contribution in [0.5, 0.6) is 0 Å². The molecule has 4 aromatic rings. The van der Waals surface area contributed by atoms with Crippen LogP contribution >= 0.6 is 11.5 Å². The van der Waals surface area contributed by atoms with Crippen molar-refractivity contribution in [1.82, 2.24) is 18.6 Å². The van der Waals surface area contributed by atoms with Crippen molar-refractivity contribution in [2.45, 2.75) is 13.1 Å². The second kappa shape index (κ2) is 7.20. The van der Waals surface area contributed by atoms with E-state index >= 15 is 0 Å². The molecule has 27 heavy (non-hydrogen) atoms. The van der Waals surface area contributed by atoms with Gasteiger partial charge in [-0.2, -0.15) is 5.10 Å². The van der Waals surface area contributed by atoms with Gasteiger partial charge >= 0.3 is 0 Å². The number of carbonyl (C=O) groups excluding carboxylic acids is 1. The maximum Gasteiger partial charge on any atom is 0.268 e. The summed E-state index contributed by atoms with van der Waals surface area (Å²) in [6.45, 7) is 0.540. The fourth-order valence-corrected chi connectivity index (χ4v) is 3.89. The molecule has 0 aliphatic carbocycles. The second-order valence-electron chi connectivity index (χ2n) is 6.30. The third kappa shape index (κ3) is 3.54. The molecule has 0 saturated heterocycles. The van der Waals surface area contributed by atoms with Crippen molar-refractivity contribution in [2.24, 2.45) is 0 Å². The fourth-order valence-electron chi connectivity index (χ4n) is 2.90. The molecule has 0 N–H and O–H groups in total. The van der Waals surface area contributed by atoms with Crippen LogP contribution in [0.3, 0.4) is 0 Å². The number of carbonyl (C=O) groups is 1. The molecular formula is C20H18N4O2S. The van der Waals surface area contributed by atoms with Crippen molar-refractivity contribution < 1.29 is 4.79 Å². The molecule has 4 rings (SSSR count). The number of likely N-dealkylation sites (N-methyl/N-ethyl adjacent to an activating group) is 1. The Hall–Kier alpha value is -3.19. The van der Waals surface area contributed by atoms with Gasteiger partial charge in [-0.1, -0.05) is 35.8 Å². The smallest absolute Gasteiger partial charge is 0.268 e. The van der Waals surface area contributed by atoms with Crippen LogP contribution in [0.4, 0.5) is 0 Å². The average molecular weight is 378 g/mol. The van der Waals surface area contributed by atoms with E-state index < -0.39 is 0 Å². The quantitative estimate of drug-likeness (QED) is 0.536. The molecule has 136 valence electrons. The van der Waals surface area contributed by atoms with E-state index in [1.165, 1.54) is 15.5 Å². The predicted octanol–water partition coefficient (Wildman–Crippen LogP) is 2.91. The van der Waals surface area contributed by atoms with Crippen LogP contribution in [0.15, 0.2) is 71.8 Å². The zero-order chi connectivity index (χ0) is 18.8. The maximum atomic E-state index is 12.6. The summed E-state index contributed by atoms with van der Waals surface area (Å²) in [6, 6.07) is 17.2. The summed E-state index contributed by atoms with van der Waals surface area (Å²) in [4.78, 5) is 26.6. The highest BCUT2D eigenvalue weighted by molar-refractivity contribution is 7.13. The lowest BCUT2D eigenvalue weighted by Crippen LogP contribution is -2.31. The minimum atomic E-state index is -0.110. The van der Waals surface area contributed by atoms with Gasteiger partial charge in [0.25, 0.3) is 5.56 Å². The Morgan fingerprint density at radius 2 is 1.89 bits per heavy atom. The van der Waals surface area contributed by atoms with Crippen molar-refractivity contribution in [3.8, 4) is 5.69 Å². The third-order valence-electron chi connectivity index (χ3n) is 4.38. The van der Waals surface area contributed by atoms with Gasteiger partial charge in [0.05, 0.1) is 15.8 Å². The topological polar surface area (TPSA) is 60.1 Å². The molecule has 0 aliphatic rings. The van der Waals surface area contributed by atoms with Crippen LogP contribution in [-0.2, 0) is 17.9 Å². The van der Waals surface area contributed by atoms with Crippen molar-refractivity contribution in [1.29, 1.82) is 0 Å². The van der Waals surface area contributed by atoms with E-state index in [1.807, 2.05) is 54.7 Å². The van der Waals surface area contributed by atoms with Crippen molar-refractivity contribution in [3.05, 3.63) is 82.9 Å². The van der Waals surface area contributed by atoms with Gasteiger partial charge in [-0.3, -0.25) is 13.5 Å². The first-order chi connectivity index (χ1) is 13.1. The monoisotopic (exact) mass is 378 g/mol. The van der Waals surface area contributed by atoms with Crippen LogP contribution in [0.25, 0.3) is 15.8 Å². The van der Waals surface area contributed by atoms with E-state index in [4.69, 9.17) is 0 Å². The van der Waals surface area contributed by atoms with Crippen LogP contribution in [0, 0.1) is 0 Å². The van der Waals surface area contributed by atoms with Crippen molar-refractivity contribution in [2.75, 3.05) is 7.05 Å². The molecule has 6 nitrogen and oxygen atoms in total. The number of hydrogen-bond donors (Lipinski definition) is 0. The molecule has 0 aliphatic heterocycles. The first kappa shape index (κ1) is 17.2. The average Bonchev–Trinajstić information content (AvgIpc) is 3.32. The zero-order valence-corrected chi connectivity index (χ0v) is 15.6. The minimum Gasteiger partial charge on any atom is -0.340 e. The summed E-state index contributed by atoms with van der Waals surface area (Å²) >= 11 is 1.32. The maximum absolute atomic E-state index is 12.6. The van der Waals surface area contributed by atoms with E-state index in [2.05, 4.69) is 5.10 Å². The summed E-state index contributed by atoms with van der Waals surface area (Å²) in [7, 11) is 1.75. The Morgan fingerprint density at radius 1 is 1.11 bits per heavy atom. The van der Waals surface area contributed by atoms with Gasteiger partial charge in [0.15, 0.2) is 0 Å². The molecule has 2 aromatic heterocycles. The lowest BCUT2D eigenvalue weighted by atomic mass is 10.2. The molecule has 0 radical (unpaired) electrons. The third-order valence-corrected chi connectivity index (χ3v) is 5.45. The summed E-state index contributed by atoms with van der Waals surface area (Å²) in [6.07, 6.45) is 3.61. The summed E-state index contributed by atoms with van der Waals surface area (Å²) in [5.74, 6) is -0.0974. The number of nitrogens with zero attached hydrogens (tertiary/aromatic N) is 4. The molecule has 0 unspecified atom stereocenters. The molecule has 0 fully saturated rings. The van der Waals surface area contributed by atoms with E-state index in [0.717, 1.165) is 16.0 Å². The highest BCUT2D eigenvalue weighted by Crippen LogP contribution is 2.16. The largest absolute Gasteiger partial charge is 0.340 e. The van der Waals surface area contributed by atoms with Gasteiger partial charge in [0.1, 0.15) is 6.54 Å². The Bertz CT molecular complexity index is 1130. The summed E-state index contributed by atoms with van der Waals surface area (Å²) in [5.41, 5.74) is 1.88. The van der Waals surface area contributed by atoms with Crippen LogP contribution in [-0.4, -0.2) is 31.6 Å². The van der Waals surface area contributed by atoms with E-state index in [-0.39, 0.29) is 18.0 Å². The van der Waals surface area contributed by atoms with Gasteiger partial charge < -0.3 is 4.90 Å². The lowest BCUT2D eigenvalue weighted by Gasteiger charge is -2.17. The van der Waals surface area contributed by atoms with Gasteiger partial charge in [0.2, 0.25) is 5.91 Å². The van der Waals surface area contributed by atoms with E-state index in [0.29, 0.717) is 11.9 Å². The standard InChI is InChI=1S/C20H18N4O2S/c1-22(13-15-7-9-16(10-8-15)23-12-4-11-21-23)19(25)14-24-20(26)17-5-2-3-6-18(17)27-24/h2-12H,13-14H2,1H3. The van der Waals surface area contributed by atoms with Crippen LogP contribution < -0.4 is 5.56 Å². The SMILES string of the molecule is CN(Cc1ccc(-n2cccn2)cc1)C(=O)Cn1sc2ccccc2c1=O. The van der Waals surface area contributed by atoms with E-state index in [1.54, 1.807) is 28.9 Å². The molecule has 0 spiro atoms. The van der Waals surface area contributed by atoms with Crippen molar-refractivity contribution in [3.63, 3.8) is 0 Å². The van der Waals surface area contributed by atoms with Gasteiger partial charge in [-0.05, 0) is 35.9 Å². The Morgan fingerprint density at radius 3 is 2.59 bits per heavy atom. The highest BCUT2D eigenvalue weighted by atomic mass is 32.1. The molecule has 2 aromatic carbocycles. The Labute approximate surface area is 160 Å². The lowest BCUT2D eigenvalue weighted by molar-refractivity contribution is -0.130.